The van der Waals surface area contributed by atoms with Gasteiger partial charge in [-0.15, -0.1) is 0 Å². The fourth-order valence-electron chi connectivity index (χ4n) is 2.07. The van der Waals surface area contributed by atoms with Gasteiger partial charge in [0.2, 0.25) is 0 Å². The molecule has 2 rings (SSSR count). The predicted molar refractivity (Wildman–Crippen MR) is 64.3 cm³/mol. The lowest BCUT2D eigenvalue weighted by atomic mass is 10.1. The van der Waals surface area contributed by atoms with Gasteiger partial charge in [0.15, 0.2) is 0 Å². The highest BCUT2D eigenvalue weighted by molar-refractivity contribution is 5.42. The number of rotatable bonds is 3. The van der Waals surface area contributed by atoms with Crippen molar-refractivity contribution < 1.29 is 5.11 Å². The largest absolute Gasteiger partial charge is 0.394 e. The second-order valence-corrected chi connectivity index (χ2v) is 4.28. The minimum atomic E-state index is -0.299. The van der Waals surface area contributed by atoms with Crippen molar-refractivity contribution in [3.63, 3.8) is 0 Å². The van der Waals surface area contributed by atoms with E-state index >= 15 is 0 Å². The molecule has 4 heteroatoms. The molecule has 0 radical (unpaired) electrons. The number of anilines is 1. The Morgan fingerprint density at radius 1 is 1.38 bits per heavy atom. The summed E-state index contributed by atoms with van der Waals surface area (Å²) in [5.74, 6) is 0.987. The van der Waals surface area contributed by atoms with Crippen LogP contribution < -0.4 is 10.6 Å². The summed E-state index contributed by atoms with van der Waals surface area (Å²) in [5, 5.41) is 9.03. The SMILES string of the molecule is N[C@H](CO)c1ccnc(N2CCCCC2)c1. The molecule has 1 fully saturated rings. The van der Waals surface area contributed by atoms with Gasteiger partial charge in [-0.3, -0.25) is 0 Å². The van der Waals surface area contributed by atoms with Gasteiger partial charge in [0.25, 0.3) is 0 Å². The van der Waals surface area contributed by atoms with Crippen LogP contribution in [0, 0.1) is 0 Å². The van der Waals surface area contributed by atoms with E-state index in [1.54, 1.807) is 6.20 Å². The van der Waals surface area contributed by atoms with E-state index in [1.807, 2.05) is 12.1 Å². The molecule has 88 valence electrons. The molecule has 1 aliphatic rings. The number of hydrogen-bond acceptors (Lipinski definition) is 4. The Hall–Kier alpha value is -1.13. The van der Waals surface area contributed by atoms with Crippen molar-refractivity contribution in [1.29, 1.82) is 0 Å². The molecule has 0 unspecified atom stereocenters. The van der Waals surface area contributed by atoms with Gasteiger partial charge in [-0.05, 0) is 37.0 Å². The maximum absolute atomic E-state index is 9.03. The summed E-state index contributed by atoms with van der Waals surface area (Å²) >= 11 is 0. The smallest absolute Gasteiger partial charge is 0.128 e. The van der Waals surface area contributed by atoms with Gasteiger partial charge < -0.3 is 15.7 Å². The average Bonchev–Trinajstić information content (AvgIpc) is 2.39. The molecule has 1 aromatic rings. The third-order valence-electron chi connectivity index (χ3n) is 3.07. The molecular formula is C12H19N3O. The second kappa shape index (κ2) is 5.27. The third-order valence-corrected chi connectivity index (χ3v) is 3.07. The highest BCUT2D eigenvalue weighted by atomic mass is 16.3. The van der Waals surface area contributed by atoms with E-state index in [9.17, 15) is 0 Å². The summed E-state index contributed by atoms with van der Waals surface area (Å²) in [4.78, 5) is 6.66. The second-order valence-electron chi connectivity index (χ2n) is 4.28. The van der Waals surface area contributed by atoms with E-state index in [0.29, 0.717) is 0 Å². The summed E-state index contributed by atoms with van der Waals surface area (Å²) in [6.45, 7) is 2.12. The quantitative estimate of drug-likeness (QED) is 0.801. The zero-order valence-electron chi connectivity index (χ0n) is 9.47. The van der Waals surface area contributed by atoms with Crippen molar-refractivity contribution in [2.24, 2.45) is 5.73 Å². The van der Waals surface area contributed by atoms with Crippen LogP contribution in [0.15, 0.2) is 18.3 Å². The minimum Gasteiger partial charge on any atom is -0.394 e. The number of nitrogens with zero attached hydrogens (tertiary/aromatic N) is 2. The standard InChI is InChI=1S/C12H19N3O/c13-11(9-16)10-4-5-14-12(8-10)15-6-2-1-3-7-15/h4-5,8,11,16H,1-3,6-7,9,13H2/t11-/m1/s1. The molecule has 1 atom stereocenters. The van der Waals surface area contributed by atoms with Crippen LogP contribution in [-0.2, 0) is 0 Å². The molecule has 1 aliphatic heterocycles. The fraction of sp³-hybridized carbons (Fsp3) is 0.583. The summed E-state index contributed by atoms with van der Waals surface area (Å²) < 4.78 is 0. The normalized spacial score (nSPS) is 18.5. The molecule has 0 amide bonds. The van der Waals surface area contributed by atoms with Crippen molar-refractivity contribution in [3.8, 4) is 0 Å². The van der Waals surface area contributed by atoms with Gasteiger partial charge in [0.1, 0.15) is 5.82 Å². The summed E-state index contributed by atoms with van der Waals surface area (Å²) in [6.07, 6.45) is 5.55. The van der Waals surface area contributed by atoms with Gasteiger partial charge in [0.05, 0.1) is 12.6 Å². The van der Waals surface area contributed by atoms with Crippen LogP contribution in [0.4, 0.5) is 5.82 Å². The van der Waals surface area contributed by atoms with Crippen LogP contribution in [0.3, 0.4) is 0 Å². The fourth-order valence-corrected chi connectivity index (χ4v) is 2.07. The first kappa shape index (κ1) is 11.4. The van der Waals surface area contributed by atoms with E-state index < -0.39 is 0 Å². The Balaban J connectivity index is 2.14. The maximum atomic E-state index is 9.03. The predicted octanol–water partition coefficient (Wildman–Crippen LogP) is 1.06. The number of nitrogens with two attached hydrogens (primary N) is 1. The van der Waals surface area contributed by atoms with E-state index in [0.717, 1.165) is 24.5 Å². The van der Waals surface area contributed by atoms with Crippen LogP contribution in [0.1, 0.15) is 30.9 Å². The van der Waals surface area contributed by atoms with Crippen LogP contribution in [0.2, 0.25) is 0 Å². The Labute approximate surface area is 96.1 Å². The molecule has 0 saturated carbocycles. The average molecular weight is 221 g/mol. The molecule has 1 aromatic heterocycles. The first-order chi connectivity index (χ1) is 7.81. The first-order valence-electron chi connectivity index (χ1n) is 5.88. The lowest BCUT2D eigenvalue weighted by Gasteiger charge is -2.28. The van der Waals surface area contributed by atoms with E-state index in [-0.39, 0.29) is 12.6 Å². The zero-order valence-corrected chi connectivity index (χ0v) is 9.47. The monoisotopic (exact) mass is 221 g/mol. The minimum absolute atomic E-state index is 0.0244. The van der Waals surface area contributed by atoms with Crippen molar-refractivity contribution in [2.75, 3.05) is 24.6 Å². The lowest BCUT2D eigenvalue weighted by Crippen LogP contribution is -2.30. The summed E-state index contributed by atoms with van der Waals surface area (Å²) in [5.41, 5.74) is 6.75. The first-order valence-corrected chi connectivity index (χ1v) is 5.88. The van der Waals surface area contributed by atoms with Crippen LogP contribution >= 0.6 is 0 Å². The number of aromatic nitrogens is 1. The zero-order chi connectivity index (χ0) is 11.4. The van der Waals surface area contributed by atoms with Gasteiger partial charge in [-0.1, -0.05) is 0 Å². The van der Waals surface area contributed by atoms with Gasteiger partial charge >= 0.3 is 0 Å². The number of pyridine rings is 1. The lowest BCUT2D eigenvalue weighted by molar-refractivity contribution is 0.268. The highest BCUT2D eigenvalue weighted by Crippen LogP contribution is 2.20. The van der Waals surface area contributed by atoms with E-state index in [2.05, 4.69) is 9.88 Å². The molecule has 2 heterocycles. The third kappa shape index (κ3) is 2.51. The van der Waals surface area contributed by atoms with E-state index in [1.165, 1.54) is 19.3 Å². The summed E-state index contributed by atoms with van der Waals surface area (Å²) in [7, 11) is 0. The molecule has 0 bridgehead atoms. The number of hydrogen-bond donors (Lipinski definition) is 2. The van der Waals surface area contributed by atoms with Crippen LogP contribution in [-0.4, -0.2) is 29.8 Å². The summed E-state index contributed by atoms with van der Waals surface area (Å²) in [6, 6.07) is 3.56. The highest BCUT2D eigenvalue weighted by Gasteiger charge is 2.13. The molecule has 0 aromatic carbocycles. The molecule has 0 spiro atoms. The molecule has 3 N–H and O–H groups in total. The number of piperidine rings is 1. The van der Waals surface area contributed by atoms with Crippen molar-refractivity contribution in [1.82, 2.24) is 4.98 Å². The Morgan fingerprint density at radius 3 is 2.81 bits per heavy atom. The molecular weight excluding hydrogens is 202 g/mol. The Bertz CT molecular complexity index is 337. The molecule has 16 heavy (non-hydrogen) atoms. The van der Waals surface area contributed by atoms with E-state index in [4.69, 9.17) is 10.8 Å². The van der Waals surface area contributed by atoms with Crippen LogP contribution in [0.25, 0.3) is 0 Å². The van der Waals surface area contributed by atoms with Gasteiger partial charge in [0, 0.05) is 19.3 Å². The molecule has 4 nitrogen and oxygen atoms in total. The van der Waals surface area contributed by atoms with Crippen molar-refractivity contribution in [2.45, 2.75) is 25.3 Å². The van der Waals surface area contributed by atoms with Crippen molar-refractivity contribution >= 4 is 5.82 Å². The maximum Gasteiger partial charge on any atom is 0.128 e. The Kier molecular flexibility index (Phi) is 3.74. The number of aliphatic hydroxyl groups is 1. The molecule has 0 aliphatic carbocycles. The molecule has 1 saturated heterocycles. The van der Waals surface area contributed by atoms with Gasteiger partial charge in [-0.25, -0.2) is 4.98 Å². The topological polar surface area (TPSA) is 62.4 Å². The van der Waals surface area contributed by atoms with Gasteiger partial charge in [-0.2, -0.15) is 0 Å². The Morgan fingerprint density at radius 2 is 2.12 bits per heavy atom. The van der Waals surface area contributed by atoms with Crippen molar-refractivity contribution in [3.05, 3.63) is 23.9 Å². The van der Waals surface area contributed by atoms with Crippen LogP contribution in [0.5, 0.6) is 0 Å². The number of aliphatic hydroxyl groups excluding tert-OH is 1.